The maximum atomic E-state index is 10.9. The average Bonchev–Trinajstić information content (AvgIpc) is 2.38. The predicted octanol–water partition coefficient (Wildman–Crippen LogP) is 4.54. The summed E-state index contributed by atoms with van der Waals surface area (Å²) in [7, 11) is 0. The summed E-state index contributed by atoms with van der Waals surface area (Å²) in [5.74, 6) is 0.616. The van der Waals surface area contributed by atoms with Crippen LogP contribution in [0.2, 0.25) is 5.02 Å². The lowest BCUT2D eigenvalue weighted by Gasteiger charge is -2.04. The maximum Gasteiger partial charge on any atom is 0.282 e. The number of rotatable bonds is 4. The molecule has 0 radical (unpaired) electrons. The number of halogens is 1. The Balaban J connectivity index is 2.16. The van der Waals surface area contributed by atoms with E-state index in [-0.39, 0.29) is 10.6 Å². The molecule has 0 N–H and O–H groups in total. The Morgan fingerprint density at radius 3 is 2.50 bits per heavy atom. The molecular formula is C13H10ClNO2S. The van der Waals surface area contributed by atoms with Crippen molar-refractivity contribution in [2.45, 2.75) is 10.6 Å². The van der Waals surface area contributed by atoms with E-state index < -0.39 is 0 Å². The molecular weight excluding hydrogens is 270 g/mol. The Labute approximate surface area is 114 Å². The summed E-state index contributed by atoms with van der Waals surface area (Å²) in [6, 6.07) is 14.2. The minimum absolute atomic E-state index is 0.134. The molecule has 0 atom stereocenters. The molecule has 92 valence electrons. The van der Waals surface area contributed by atoms with Gasteiger partial charge in [0.05, 0.1) is 9.82 Å². The van der Waals surface area contributed by atoms with Crippen LogP contribution in [0.25, 0.3) is 0 Å². The van der Waals surface area contributed by atoms with Gasteiger partial charge in [-0.2, -0.15) is 0 Å². The highest BCUT2D eigenvalue weighted by molar-refractivity contribution is 7.98. The lowest BCUT2D eigenvalue weighted by molar-refractivity contribution is -0.387. The molecule has 2 rings (SSSR count). The molecule has 0 unspecified atom stereocenters. The Morgan fingerprint density at radius 2 is 1.78 bits per heavy atom. The second kappa shape index (κ2) is 5.89. The fourth-order valence-corrected chi connectivity index (χ4v) is 2.81. The molecule has 0 aromatic heterocycles. The molecule has 0 spiro atoms. The number of nitrogens with zero attached hydrogens (tertiary/aromatic N) is 1. The van der Waals surface area contributed by atoms with E-state index in [9.17, 15) is 10.1 Å². The standard InChI is InChI=1S/C13H10ClNO2S/c14-11-6-2-1-5-10(11)9-18-13-8-4-3-7-12(13)15(16)17/h1-8H,9H2. The van der Waals surface area contributed by atoms with Gasteiger partial charge in [0, 0.05) is 16.8 Å². The molecule has 0 aliphatic heterocycles. The third-order valence-corrected chi connectivity index (χ3v) is 3.88. The van der Waals surface area contributed by atoms with E-state index in [1.165, 1.54) is 17.8 Å². The van der Waals surface area contributed by atoms with Gasteiger partial charge in [-0.3, -0.25) is 10.1 Å². The number of thioether (sulfide) groups is 1. The third kappa shape index (κ3) is 3.03. The molecule has 2 aromatic carbocycles. The number of nitro benzene ring substituents is 1. The lowest BCUT2D eigenvalue weighted by atomic mass is 10.2. The molecule has 0 bridgehead atoms. The summed E-state index contributed by atoms with van der Waals surface area (Å²) in [5.41, 5.74) is 1.11. The van der Waals surface area contributed by atoms with Crippen molar-refractivity contribution in [1.29, 1.82) is 0 Å². The minimum atomic E-state index is -0.366. The van der Waals surface area contributed by atoms with Gasteiger partial charge in [-0.25, -0.2) is 0 Å². The van der Waals surface area contributed by atoms with Gasteiger partial charge in [0.2, 0.25) is 0 Å². The van der Waals surface area contributed by atoms with Crippen LogP contribution in [0.5, 0.6) is 0 Å². The third-order valence-electron chi connectivity index (χ3n) is 2.40. The first-order chi connectivity index (χ1) is 8.68. The van der Waals surface area contributed by atoms with E-state index >= 15 is 0 Å². The highest BCUT2D eigenvalue weighted by atomic mass is 35.5. The van der Waals surface area contributed by atoms with Gasteiger partial charge in [-0.05, 0) is 17.7 Å². The number of hydrogen-bond acceptors (Lipinski definition) is 3. The van der Waals surface area contributed by atoms with Crippen LogP contribution >= 0.6 is 23.4 Å². The molecule has 0 heterocycles. The van der Waals surface area contributed by atoms with E-state index in [1.807, 2.05) is 24.3 Å². The van der Waals surface area contributed by atoms with Crippen LogP contribution in [-0.4, -0.2) is 4.92 Å². The van der Waals surface area contributed by atoms with E-state index in [0.29, 0.717) is 15.7 Å². The van der Waals surface area contributed by atoms with Gasteiger partial charge < -0.3 is 0 Å². The molecule has 0 fully saturated rings. The molecule has 3 nitrogen and oxygen atoms in total. The van der Waals surface area contributed by atoms with Gasteiger partial charge in [0.15, 0.2) is 0 Å². The first kappa shape index (κ1) is 12.9. The first-order valence-electron chi connectivity index (χ1n) is 5.28. The van der Waals surface area contributed by atoms with Gasteiger partial charge in [0.1, 0.15) is 0 Å². The number of nitro groups is 1. The summed E-state index contributed by atoms with van der Waals surface area (Å²) < 4.78 is 0. The van der Waals surface area contributed by atoms with E-state index in [1.54, 1.807) is 18.2 Å². The molecule has 0 saturated carbocycles. The Morgan fingerprint density at radius 1 is 1.11 bits per heavy atom. The number of para-hydroxylation sites is 1. The summed E-state index contributed by atoms with van der Waals surface area (Å²) in [6.45, 7) is 0. The fourth-order valence-electron chi connectivity index (χ4n) is 1.50. The van der Waals surface area contributed by atoms with Crippen LogP contribution in [0.15, 0.2) is 53.4 Å². The Hall–Kier alpha value is -1.52. The minimum Gasteiger partial charge on any atom is -0.258 e. The fraction of sp³-hybridized carbons (Fsp3) is 0.0769. The SMILES string of the molecule is O=[N+]([O-])c1ccccc1SCc1ccccc1Cl. The molecule has 2 aromatic rings. The second-order valence-corrected chi connectivity index (χ2v) is 5.03. The smallest absolute Gasteiger partial charge is 0.258 e. The van der Waals surface area contributed by atoms with Crippen LogP contribution in [0, 0.1) is 10.1 Å². The van der Waals surface area contributed by atoms with Gasteiger partial charge in [0.25, 0.3) is 5.69 Å². The molecule has 0 amide bonds. The van der Waals surface area contributed by atoms with E-state index in [0.717, 1.165) is 5.56 Å². The zero-order valence-corrected chi connectivity index (χ0v) is 10.9. The van der Waals surface area contributed by atoms with Gasteiger partial charge in [-0.15, -0.1) is 11.8 Å². The lowest BCUT2D eigenvalue weighted by Crippen LogP contribution is -1.90. The largest absolute Gasteiger partial charge is 0.282 e. The van der Waals surface area contributed by atoms with Crippen molar-refractivity contribution in [2.75, 3.05) is 0 Å². The summed E-state index contributed by atoms with van der Waals surface area (Å²) in [6.07, 6.45) is 0. The van der Waals surface area contributed by atoms with Crippen molar-refractivity contribution >= 4 is 29.1 Å². The first-order valence-corrected chi connectivity index (χ1v) is 6.64. The molecule has 5 heteroatoms. The highest BCUT2D eigenvalue weighted by Crippen LogP contribution is 2.32. The van der Waals surface area contributed by atoms with Crippen molar-refractivity contribution in [1.82, 2.24) is 0 Å². The van der Waals surface area contributed by atoms with E-state index in [4.69, 9.17) is 11.6 Å². The van der Waals surface area contributed by atoms with Crippen molar-refractivity contribution in [3.8, 4) is 0 Å². The molecule has 0 aliphatic rings. The quantitative estimate of drug-likeness (QED) is 0.469. The van der Waals surface area contributed by atoms with Gasteiger partial charge in [-0.1, -0.05) is 41.9 Å². The maximum absolute atomic E-state index is 10.9. The van der Waals surface area contributed by atoms with Crippen molar-refractivity contribution in [3.05, 3.63) is 69.2 Å². The van der Waals surface area contributed by atoms with Crippen LogP contribution in [0.3, 0.4) is 0 Å². The summed E-state index contributed by atoms with van der Waals surface area (Å²) >= 11 is 7.46. The summed E-state index contributed by atoms with van der Waals surface area (Å²) in [5, 5.41) is 11.6. The normalized spacial score (nSPS) is 10.3. The van der Waals surface area contributed by atoms with Crippen molar-refractivity contribution in [2.24, 2.45) is 0 Å². The van der Waals surface area contributed by atoms with Crippen LogP contribution in [0.1, 0.15) is 5.56 Å². The zero-order valence-electron chi connectivity index (χ0n) is 9.38. The Bertz CT molecular complexity index is 574. The van der Waals surface area contributed by atoms with Crippen LogP contribution in [-0.2, 0) is 5.75 Å². The molecule has 0 aliphatic carbocycles. The zero-order chi connectivity index (χ0) is 13.0. The van der Waals surface area contributed by atoms with Crippen LogP contribution < -0.4 is 0 Å². The van der Waals surface area contributed by atoms with E-state index in [2.05, 4.69) is 0 Å². The number of hydrogen-bond donors (Lipinski definition) is 0. The van der Waals surface area contributed by atoms with Crippen LogP contribution in [0.4, 0.5) is 5.69 Å². The highest BCUT2D eigenvalue weighted by Gasteiger charge is 2.13. The second-order valence-electron chi connectivity index (χ2n) is 3.60. The topological polar surface area (TPSA) is 43.1 Å². The number of benzene rings is 2. The molecule has 0 saturated heterocycles. The van der Waals surface area contributed by atoms with Gasteiger partial charge >= 0.3 is 0 Å². The average molecular weight is 280 g/mol. The van der Waals surface area contributed by atoms with Crippen molar-refractivity contribution in [3.63, 3.8) is 0 Å². The predicted molar refractivity (Wildman–Crippen MR) is 74.1 cm³/mol. The molecule has 18 heavy (non-hydrogen) atoms. The Kier molecular flexibility index (Phi) is 4.23. The summed E-state index contributed by atoms with van der Waals surface area (Å²) in [4.78, 5) is 11.2. The van der Waals surface area contributed by atoms with Crippen molar-refractivity contribution < 1.29 is 4.92 Å². The monoisotopic (exact) mass is 279 g/mol.